The van der Waals surface area contributed by atoms with Crippen LogP contribution in [-0.2, 0) is 0 Å². The molecule has 1 atom stereocenters. The van der Waals surface area contributed by atoms with Gasteiger partial charge < -0.3 is 15.1 Å². The summed E-state index contributed by atoms with van der Waals surface area (Å²) in [5, 5.41) is 3.35. The zero-order chi connectivity index (χ0) is 12.5. The third-order valence-electron chi connectivity index (χ3n) is 4.03. The minimum Gasteiger partial charge on any atom is -0.374 e. The van der Waals surface area contributed by atoms with Crippen molar-refractivity contribution in [1.29, 1.82) is 0 Å². The number of benzene rings is 1. The second kappa shape index (κ2) is 4.86. The van der Waals surface area contributed by atoms with Gasteiger partial charge in [-0.2, -0.15) is 0 Å². The number of hydrogen-bond acceptors (Lipinski definition) is 3. The van der Waals surface area contributed by atoms with Crippen LogP contribution in [0.1, 0.15) is 11.5 Å². The van der Waals surface area contributed by atoms with Crippen molar-refractivity contribution in [3.63, 3.8) is 0 Å². The molecule has 98 valence electrons. The minimum absolute atomic E-state index is 0.0445. The third-order valence-corrected chi connectivity index (χ3v) is 4.03. The zero-order valence-corrected chi connectivity index (χ0v) is 10.8. The van der Waals surface area contributed by atoms with Gasteiger partial charge in [-0.3, -0.25) is 0 Å². The maximum Gasteiger partial charge on any atom is 0.128 e. The van der Waals surface area contributed by atoms with E-state index in [0.717, 1.165) is 50.5 Å². The Morgan fingerprint density at radius 1 is 1.33 bits per heavy atom. The molecule has 0 amide bonds. The molecule has 2 aliphatic heterocycles. The maximum absolute atomic E-state index is 14.0. The van der Waals surface area contributed by atoms with E-state index in [1.165, 1.54) is 0 Å². The summed E-state index contributed by atoms with van der Waals surface area (Å²) in [7, 11) is 2.05. The lowest BCUT2D eigenvalue weighted by Crippen LogP contribution is -2.45. The van der Waals surface area contributed by atoms with Crippen LogP contribution in [0.4, 0.5) is 10.1 Å². The van der Waals surface area contributed by atoms with Crippen LogP contribution in [0.15, 0.2) is 18.2 Å². The van der Waals surface area contributed by atoms with Crippen LogP contribution >= 0.6 is 0 Å². The van der Waals surface area contributed by atoms with Crippen molar-refractivity contribution in [2.24, 2.45) is 0 Å². The summed E-state index contributed by atoms with van der Waals surface area (Å²) in [6, 6.07) is 5.41. The Labute approximate surface area is 108 Å². The van der Waals surface area contributed by atoms with Gasteiger partial charge in [0.25, 0.3) is 0 Å². The van der Waals surface area contributed by atoms with E-state index >= 15 is 0 Å². The fourth-order valence-corrected chi connectivity index (χ4v) is 3.14. The van der Waals surface area contributed by atoms with Gasteiger partial charge in [0, 0.05) is 63.5 Å². The van der Waals surface area contributed by atoms with Crippen LogP contribution in [-0.4, -0.2) is 51.2 Å². The van der Waals surface area contributed by atoms with Gasteiger partial charge >= 0.3 is 0 Å². The molecular formula is C14H20FN3. The van der Waals surface area contributed by atoms with E-state index in [1.54, 1.807) is 12.1 Å². The van der Waals surface area contributed by atoms with E-state index < -0.39 is 0 Å². The smallest absolute Gasteiger partial charge is 0.128 e. The summed E-state index contributed by atoms with van der Waals surface area (Å²) in [5.74, 6) is 0.265. The molecule has 3 nitrogen and oxygen atoms in total. The highest BCUT2D eigenvalue weighted by Gasteiger charge is 2.30. The average Bonchev–Trinajstić information content (AvgIpc) is 2.69. The summed E-state index contributed by atoms with van der Waals surface area (Å²) in [6.07, 6.45) is 0. The second-order valence-corrected chi connectivity index (χ2v) is 5.30. The number of nitrogens with zero attached hydrogens (tertiary/aromatic N) is 2. The molecule has 0 aromatic heterocycles. The highest BCUT2D eigenvalue weighted by Crippen LogP contribution is 2.37. The van der Waals surface area contributed by atoms with Gasteiger partial charge in [-0.1, -0.05) is 6.07 Å². The monoisotopic (exact) mass is 249 g/mol. The average molecular weight is 249 g/mol. The molecule has 18 heavy (non-hydrogen) atoms. The lowest BCUT2D eigenvalue weighted by molar-refractivity contribution is 0.229. The van der Waals surface area contributed by atoms with Gasteiger partial charge in [-0.15, -0.1) is 0 Å². The molecule has 3 rings (SSSR count). The van der Waals surface area contributed by atoms with E-state index in [9.17, 15) is 4.39 Å². The van der Waals surface area contributed by atoms with E-state index in [-0.39, 0.29) is 5.82 Å². The molecule has 1 fully saturated rings. The lowest BCUT2D eigenvalue weighted by Gasteiger charge is -2.29. The first-order valence-corrected chi connectivity index (χ1v) is 6.68. The van der Waals surface area contributed by atoms with Crippen molar-refractivity contribution in [3.05, 3.63) is 29.6 Å². The normalized spacial score (nSPS) is 24.3. The number of piperazine rings is 1. The molecule has 1 saturated heterocycles. The van der Waals surface area contributed by atoms with Crippen molar-refractivity contribution < 1.29 is 4.39 Å². The fourth-order valence-electron chi connectivity index (χ4n) is 3.14. The van der Waals surface area contributed by atoms with Gasteiger partial charge in [0.05, 0.1) is 0 Å². The topological polar surface area (TPSA) is 18.5 Å². The van der Waals surface area contributed by atoms with Crippen LogP contribution in [0.3, 0.4) is 0 Å². The molecular weight excluding hydrogens is 229 g/mol. The van der Waals surface area contributed by atoms with Gasteiger partial charge in [-0.05, 0) is 12.1 Å². The highest BCUT2D eigenvalue weighted by atomic mass is 19.1. The second-order valence-electron chi connectivity index (χ2n) is 5.30. The first kappa shape index (κ1) is 11.9. The molecule has 2 aliphatic rings. The molecule has 1 N–H and O–H groups in total. The Morgan fingerprint density at radius 3 is 2.89 bits per heavy atom. The first-order valence-electron chi connectivity index (χ1n) is 6.68. The summed E-state index contributed by atoms with van der Waals surface area (Å²) >= 11 is 0. The van der Waals surface area contributed by atoms with E-state index in [2.05, 4.69) is 22.2 Å². The number of fused-ring (bicyclic) bond motifs is 1. The third kappa shape index (κ3) is 2.10. The quantitative estimate of drug-likeness (QED) is 0.851. The van der Waals surface area contributed by atoms with Gasteiger partial charge in [-0.25, -0.2) is 4.39 Å². The van der Waals surface area contributed by atoms with Crippen LogP contribution in [0.5, 0.6) is 0 Å². The Hall–Kier alpha value is -1.13. The molecule has 0 radical (unpaired) electrons. The molecule has 0 saturated carbocycles. The maximum atomic E-state index is 14.0. The predicted molar refractivity (Wildman–Crippen MR) is 71.7 cm³/mol. The molecule has 0 aliphatic carbocycles. The van der Waals surface area contributed by atoms with Crippen LogP contribution in [0.2, 0.25) is 0 Å². The van der Waals surface area contributed by atoms with Gasteiger partial charge in [0.15, 0.2) is 0 Å². The van der Waals surface area contributed by atoms with Crippen LogP contribution in [0, 0.1) is 5.82 Å². The van der Waals surface area contributed by atoms with Crippen molar-refractivity contribution >= 4 is 5.69 Å². The Morgan fingerprint density at radius 2 is 2.11 bits per heavy atom. The highest BCUT2D eigenvalue weighted by molar-refractivity contribution is 5.60. The Kier molecular flexibility index (Phi) is 3.22. The number of anilines is 1. The summed E-state index contributed by atoms with van der Waals surface area (Å²) in [6.45, 7) is 6.15. The van der Waals surface area contributed by atoms with Crippen molar-refractivity contribution in [2.75, 3.05) is 51.2 Å². The van der Waals surface area contributed by atoms with Crippen molar-refractivity contribution in [3.8, 4) is 0 Å². The fraction of sp³-hybridized carbons (Fsp3) is 0.571. The molecule has 2 heterocycles. The predicted octanol–water partition coefficient (Wildman–Crippen LogP) is 1.26. The van der Waals surface area contributed by atoms with E-state index in [0.29, 0.717) is 5.92 Å². The molecule has 1 aromatic rings. The largest absolute Gasteiger partial charge is 0.374 e. The molecule has 0 bridgehead atoms. The van der Waals surface area contributed by atoms with Gasteiger partial charge in [0.2, 0.25) is 0 Å². The van der Waals surface area contributed by atoms with Crippen LogP contribution in [0.25, 0.3) is 0 Å². The Bertz CT molecular complexity index is 429. The van der Waals surface area contributed by atoms with E-state index in [4.69, 9.17) is 0 Å². The number of nitrogens with one attached hydrogen (secondary N) is 1. The number of hydrogen-bond donors (Lipinski definition) is 1. The molecule has 1 unspecified atom stereocenters. The number of rotatable bonds is 2. The summed E-state index contributed by atoms with van der Waals surface area (Å²) in [5.41, 5.74) is 1.98. The molecule has 4 heteroatoms. The van der Waals surface area contributed by atoms with Crippen LogP contribution < -0.4 is 10.2 Å². The first-order chi connectivity index (χ1) is 8.75. The molecule has 0 spiro atoms. The minimum atomic E-state index is -0.0445. The zero-order valence-electron chi connectivity index (χ0n) is 10.8. The standard InChI is InChI=1S/C14H20FN3/c1-17-9-11(10-18-7-5-16-6-8-18)14-12(15)3-2-4-13(14)17/h2-4,11,16H,5-10H2,1H3. The number of halogens is 1. The SMILES string of the molecule is CN1CC(CN2CCNCC2)c2c(F)cccc21. The van der Waals surface area contributed by atoms with Crippen molar-refractivity contribution in [2.45, 2.75) is 5.92 Å². The summed E-state index contributed by atoms with van der Waals surface area (Å²) in [4.78, 5) is 4.61. The van der Waals surface area contributed by atoms with Crippen molar-refractivity contribution in [1.82, 2.24) is 10.2 Å². The number of likely N-dealkylation sites (N-methyl/N-ethyl adjacent to an activating group) is 1. The lowest BCUT2D eigenvalue weighted by atomic mass is 10.00. The van der Waals surface area contributed by atoms with E-state index in [1.807, 2.05) is 6.07 Å². The van der Waals surface area contributed by atoms with Gasteiger partial charge in [0.1, 0.15) is 5.82 Å². The summed E-state index contributed by atoms with van der Waals surface area (Å²) < 4.78 is 14.0. The Balaban J connectivity index is 1.79. The molecule has 1 aromatic carbocycles.